The van der Waals surface area contributed by atoms with Crippen molar-refractivity contribution in [2.24, 2.45) is 5.92 Å². The number of hydrogen-bond donors (Lipinski definition) is 1. The zero-order valence-electron chi connectivity index (χ0n) is 12.0. The van der Waals surface area contributed by atoms with Gasteiger partial charge < -0.3 is 10.1 Å². The number of carbonyl (C=O) groups is 2. The lowest BCUT2D eigenvalue weighted by Gasteiger charge is -2.27. The fourth-order valence-electron chi connectivity index (χ4n) is 3.02. The van der Waals surface area contributed by atoms with Gasteiger partial charge in [-0.3, -0.25) is 9.69 Å². The molecular weight excluding hydrogens is 268 g/mol. The Morgan fingerprint density at radius 1 is 1.24 bits per heavy atom. The zero-order chi connectivity index (χ0) is 14.7. The van der Waals surface area contributed by atoms with E-state index in [1.807, 2.05) is 30.3 Å². The number of Topliss-reactive ketones (excluding diaryl/α,β-unsaturated/α-hetero) is 1. The molecule has 3 rings (SSSR count). The van der Waals surface area contributed by atoms with E-state index in [1.165, 1.54) is 0 Å². The molecule has 0 bridgehead atoms. The van der Waals surface area contributed by atoms with Crippen LogP contribution in [0.1, 0.15) is 18.4 Å². The molecule has 2 heterocycles. The Labute approximate surface area is 124 Å². The fourth-order valence-corrected chi connectivity index (χ4v) is 3.02. The number of nitrogens with zero attached hydrogens (tertiary/aromatic N) is 1. The fraction of sp³-hybridized carbons (Fsp3) is 0.500. The highest BCUT2D eigenvalue weighted by Gasteiger charge is 2.40. The minimum atomic E-state index is -0.430. The van der Waals surface area contributed by atoms with Gasteiger partial charge in [0.2, 0.25) is 0 Å². The van der Waals surface area contributed by atoms with Crippen molar-refractivity contribution in [2.75, 3.05) is 19.7 Å². The van der Waals surface area contributed by atoms with Crippen molar-refractivity contribution < 1.29 is 14.3 Å². The van der Waals surface area contributed by atoms with Crippen molar-refractivity contribution in [1.82, 2.24) is 10.2 Å². The third-order valence-corrected chi connectivity index (χ3v) is 4.24. The van der Waals surface area contributed by atoms with Gasteiger partial charge in [0.05, 0.1) is 0 Å². The van der Waals surface area contributed by atoms with E-state index in [1.54, 1.807) is 4.90 Å². The Bertz CT molecular complexity index is 512. The summed E-state index contributed by atoms with van der Waals surface area (Å²) in [5, 5.41) is 3.26. The van der Waals surface area contributed by atoms with Crippen LogP contribution in [-0.4, -0.2) is 42.5 Å². The topological polar surface area (TPSA) is 58.6 Å². The number of ketones is 1. The van der Waals surface area contributed by atoms with E-state index in [9.17, 15) is 9.59 Å². The highest BCUT2D eigenvalue weighted by atomic mass is 16.6. The number of piperidine rings is 1. The predicted molar refractivity (Wildman–Crippen MR) is 77.7 cm³/mol. The van der Waals surface area contributed by atoms with Crippen LogP contribution >= 0.6 is 0 Å². The quantitative estimate of drug-likeness (QED) is 0.914. The largest absolute Gasteiger partial charge is 0.447 e. The number of rotatable bonds is 4. The van der Waals surface area contributed by atoms with Crippen molar-refractivity contribution in [1.29, 1.82) is 0 Å². The van der Waals surface area contributed by atoms with Crippen LogP contribution in [0.4, 0.5) is 4.79 Å². The number of carbonyl (C=O) groups excluding carboxylic acids is 2. The summed E-state index contributed by atoms with van der Waals surface area (Å²) in [6.07, 6.45) is 1.32. The van der Waals surface area contributed by atoms with Crippen LogP contribution in [0.5, 0.6) is 0 Å². The van der Waals surface area contributed by atoms with Gasteiger partial charge in [0.1, 0.15) is 12.6 Å². The summed E-state index contributed by atoms with van der Waals surface area (Å²) in [6.45, 7) is 2.36. The molecule has 2 aliphatic heterocycles. The molecule has 112 valence electrons. The van der Waals surface area contributed by atoms with Crippen LogP contribution < -0.4 is 5.32 Å². The first-order chi connectivity index (χ1) is 10.3. The molecule has 1 N–H and O–H groups in total. The second-order valence-corrected chi connectivity index (χ2v) is 5.63. The average Bonchev–Trinajstić information content (AvgIpc) is 2.90. The highest BCUT2D eigenvalue weighted by Crippen LogP contribution is 2.23. The Hall–Kier alpha value is -1.88. The standard InChI is InChI=1S/C16H20N2O3/c19-15(13-6-8-17-9-7-13)14-11-21-16(20)18(14)10-12-4-2-1-3-5-12/h1-5,13-14,17H,6-11H2. The van der Waals surface area contributed by atoms with Gasteiger partial charge in [-0.05, 0) is 31.5 Å². The van der Waals surface area contributed by atoms with E-state index in [4.69, 9.17) is 4.74 Å². The first-order valence-electron chi connectivity index (χ1n) is 7.47. The van der Waals surface area contributed by atoms with Crippen molar-refractivity contribution >= 4 is 11.9 Å². The van der Waals surface area contributed by atoms with Gasteiger partial charge in [0.25, 0.3) is 0 Å². The number of nitrogens with one attached hydrogen (secondary N) is 1. The van der Waals surface area contributed by atoms with Crippen LogP contribution in [0.15, 0.2) is 30.3 Å². The molecule has 1 amide bonds. The molecule has 5 nitrogen and oxygen atoms in total. The average molecular weight is 288 g/mol. The molecule has 1 aromatic rings. The SMILES string of the molecule is O=C(C1CCNCC1)C1COC(=O)N1Cc1ccccc1. The van der Waals surface area contributed by atoms with E-state index >= 15 is 0 Å². The number of cyclic esters (lactones) is 1. The van der Waals surface area contributed by atoms with Crippen LogP contribution in [0.25, 0.3) is 0 Å². The van der Waals surface area contributed by atoms with E-state index in [-0.39, 0.29) is 24.4 Å². The minimum Gasteiger partial charge on any atom is -0.447 e. The third kappa shape index (κ3) is 3.08. The van der Waals surface area contributed by atoms with Crippen LogP contribution in [-0.2, 0) is 16.1 Å². The summed E-state index contributed by atoms with van der Waals surface area (Å²) >= 11 is 0. The second-order valence-electron chi connectivity index (χ2n) is 5.63. The minimum absolute atomic E-state index is 0.0454. The van der Waals surface area contributed by atoms with E-state index in [0.717, 1.165) is 31.5 Å². The van der Waals surface area contributed by atoms with Crippen molar-refractivity contribution in [3.05, 3.63) is 35.9 Å². The first kappa shape index (κ1) is 14.1. The molecular formula is C16H20N2O3. The van der Waals surface area contributed by atoms with Crippen LogP contribution in [0, 0.1) is 5.92 Å². The molecule has 21 heavy (non-hydrogen) atoms. The molecule has 5 heteroatoms. The highest BCUT2D eigenvalue weighted by molar-refractivity contribution is 5.91. The molecule has 1 atom stereocenters. The monoisotopic (exact) mass is 288 g/mol. The van der Waals surface area contributed by atoms with Gasteiger partial charge in [-0.15, -0.1) is 0 Å². The number of benzene rings is 1. The van der Waals surface area contributed by atoms with Gasteiger partial charge in [0, 0.05) is 12.5 Å². The maximum absolute atomic E-state index is 12.6. The van der Waals surface area contributed by atoms with Gasteiger partial charge >= 0.3 is 6.09 Å². The van der Waals surface area contributed by atoms with Gasteiger partial charge in [-0.25, -0.2) is 4.79 Å². The number of amides is 1. The summed E-state index contributed by atoms with van der Waals surface area (Å²) in [4.78, 5) is 26.1. The molecule has 0 saturated carbocycles. The molecule has 2 aliphatic rings. The summed E-state index contributed by atoms with van der Waals surface area (Å²) < 4.78 is 5.11. The molecule has 0 spiro atoms. The lowest BCUT2D eigenvalue weighted by atomic mass is 9.89. The predicted octanol–water partition coefficient (Wildman–Crippen LogP) is 1.58. The molecule has 2 fully saturated rings. The van der Waals surface area contributed by atoms with Gasteiger partial charge in [-0.2, -0.15) is 0 Å². The first-order valence-corrected chi connectivity index (χ1v) is 7.47. The molecule has 2 saturated heterocycles. The second kappa shape index (κ2) is 6.26. The van der Waals surface area contributed by atoms with E-state index < -0.39 is 6.04 Å². The maximum atomic E-state index is 12.6. The van der Waals surface area contributed by atoms with Crippen molar-refractivity contribution in [2.45, 2.75) is 25.4 Å². The molecule has 1 aromatic carbocycles. The van der Waals surface area contributed by atoms with Gasteiger partial charge in [-0.1, -0.05) is 30.3 Å². The zero-order valence-corrected chi connectivity index (χ0v) is 12.0. The van der Waals surface area contributed by atoms with E-state index in [0.29, 0.717) is 6.54 Å². The van der Waals surface area contributed by atoms with Crippen LogP contribution in [0.2, 0.25) is 0 Å². The summed E-state index contributed by atoms with van der Waals surface area (Å²) in [5.74, 6) is 0.197. The molecule has 0 aromatic heterocycles. The summed E-state index contributed by atoms with van der Waals surface area (Å²) in [7, 11) is 0. The Kier molecular flexibility index (Phi) is 4.20. The molecule has 0 radical (unpaired) electrons. The van der Waals surface area contributed by atoms with Gasteiger partial charge in [0.15, 0.2) is 5.78 Å². The normalized spacial score (nSPS) is 23.1. The van der Waals surface area contributed by atoms with Crippen LogP contribution in [0.3, 0.4) is 0 Å². The van der Waals surface area contributed by atoms with Crippen molar-refractivity contribution in [3.63, 3.8) is 0 Å². The third-order valence-electron chi connectivity index (χ3n) is 4.24. The van der Waals surface area contributed by atoms with Crippen molar-refractivity contribution in [3.8, 4) is 0 Å². The lowest BCUT2D eigenvalue weighted by molar-refractivity contribution is -0.127. The Morgan fingerprint density at radius 2 is 1.95 bits per heavy atom. The van der Waals surface area contributed by atoms with E-state index in [2.05, 4.69) is 5.32 Å². The molecule has 1 unspecified atom stereocenters. The molecule has 0 aliphatic carbocycles. The number of hydrogen-bond acceptors (Lipinski definition) is 4. The Morgan fingerprint density at radius 3 is 2.67 bits per heavy atom. The summed E-state index contributed by atoms with van der Waals surface area (Å²) in [5.41, 5.74) is 1.01. The lowest BCUT2D eigenvalue weighted by Crippen LogP contribution is -2.44. The smallest absolute Gasteiger partial charge is 0.410 e. The Balaban J connectivity index is 1.71. The maximum Gasteiger partial charge on any atom is 0.410 e. The number of ether oxygens (including phenoxy) is 1. The summed E-state index contributed by atoms with van der Waals surface area (Å²) in [6, 6.07) is 9.28.